The van der Waals surface area contributed by atoms with E-state index in [2.05, 4.69) is 0 Å². The minimum Gasteiger partial charge on any atom is -0.484 e. The Morgan fingerprint density at radius 3 is 2.63 bits per heavy atom. The van der Waals surface area contributed by atoms with Gasteiger partial charge in [-0.2, -0.15) is 0 Å². The van der Waals surface area contributed by atoms with Crippen molar-refractivity contribution in [2.45, 2.75) is 12.5 Å². The highest BCUT2D eigenvalue weighted by molar-refractivity contribution is 6.31. The highest BCUT2D eigenvalue weighted by Crippen LogP contribution is 2.36. The Morgan fingerprint density at radius 2 is 1.84 bits per heavy atom. The highest BCUT2D eigenvalue weighted by atomic mass is 35.5. The minimum absolute atomic E-state index is 0.0582. The number of hydrogen-bond acceptors (Lipinski definition) is 2. The molecule has 1 aliphatic rings. The van der Waals surface area contributed by atoms with Crippen LogP contribution in [0.25, 0.3) is 0 Å². The van der Waals surface area contributed by atoms with E-state index < -0.39 is 0 Å². The van der Waals surface area contributed by atoms with Gasteiger partial charge in [0.1, 0.15) is 11.9 Å². The summed E-state index contributed by atoms with van der Waals surface area (Å²) in [5, 5.41) is 1.18. The Labute approximate surface area is 120 Å². The van der Waals surface area contributed by atoms with Gasteiger partial charge >= 0.3 is 0 Å². The van der Waals surface area contributed by atoms with Crippen LogP contribution in [0, 0.1) is 0 Å². The van der Waals surface area contributed by atoms with E-state index in [0.717, 1.165) is 5.56 Å². The van der Waals surface area contributed by atoms with E-state index in [1.54, 1.807) is 24.3 Å². The molecule has 0 fully saturated rings. The lowest BCUT2D eigenvalue weighted by Gasteiger charge is -2.25. The summed E-state index contributed by atoms with van der Waals surface area (Å²) in [6.07, 6.45) is 0.00628. The summed E-state index contributed by atoms with van der Waals surface area (Å²) in [5.74, 6) is 0.594. The maximum Gasteiger partial charge on any atom is 0.170 e. The van der Waals surface area contributed by atoms with Gasteiger partial charge in [-0.05, 0) is 35.9 Å². The maximum absolute atomic E-state index is 12.1. The number of carbonyl (C=O) groups excluding carboxylic acids is 1. The van der Waals surface area contributed by atoms with E-state index in [4.69, 9.17) is 27.9 Å². The number of Topliss-reactive ketones (excluding diaryl/α,β-unsaturated/α-hetero) is 1. The molecule has 0 saturated heterocycles. The van der Waals surface area contributed by atoms with Gasteiger partial charge in [0.15, 0.2) is 5.78 Å². The molecular weight excluding hydrogens is 283 g/mol. The minimum atomic E-state index is -0.308. The van der Waals surface area contributed by atoms with Crippen molar-refractivity contribution in [2.75, 3.05) is 0 Å². The largest absolute Gasteiger partial charge is 0.484 e. The van der Waals surface area contributed by atoms with E-state index in [0.29, 0.717) is 27.8 Å². The van der Waals surface area contributed by atoms with Crippen LogP contribution >= 0.6 is 23.2 Å². The van der Waals surface area contributed by atoms with Crippen molar-refractivity contribution in [3.05, 3.63) is 63.6 Å². The van der Waals surface area contributed by atoms with Gasteiger partial charge in [0, 0.05) is 10.0 Å². The molecule has 0 aliphatic carbocycles. The first-order valence-electron chi connectivity index (χ1n) is 5.88. The summed E-state index contributed by atoms with van der Waals surface area (Å²) in [5.41, 5.74) is 1.48. The van der Waals surface area contributed by atoms with Crippen LogP contribution in [0.4, 0.5) is 0 Å². The van der Waals surface area contributed by atoms with Crippen LogP contribution in [-0.2, 0) is 0 Å². The molecule has 1 heterocycles. The first kappa shape index (κ1) is 12.5. The molecule has 0 aromatic heterocycles. The molecule has 19 heavy (non-hydrogen) atoms. The zero-order valence-corrected chi connectivity index (χ0v) is 11.4. The number of hydrogen-bond donors (Lipinski definition) is 0. The second-order valence-corrected chi connectivity index (χ2v) is 5.30. The Bertz CT molecular complexity index is 652. The van der Waals surface area contributed by atoms with Crippen LogP contribution in [0.3, 0.4) is 0 Å². The second kappa shape index (κ2) is 4.87. The van der Waals surface area contributed by atoms with Crippen LogP contribution in [0.5, 0.6) is 5.75 Å². The highest BCUT2D eigenvalue weighted by Gasteiger charge is 2.27. The Hall–Kier alpha value is -1.51. The summed E-state index contributed by atoms with van der Waals surface area (Å²) in [6.45, 7) is 0. The first-order valence-corrected chi connectivity index (χ1v) is 6.64. The lowest BCUT2D eigenvalue weighted by atomic mass is 9.96. The maximum atomic E-state index is 12.1. The molecule has 4 heteroatoms. The molecule has 1 unspecified atom stereocenters. The normalized spacial score (nSPS) is 17.8. The number of ketones is 1. The molecule has 1 atom stereocenters. The summed E-state index contributed by atoms with van der Waals surface area (Å²) in [6, 6.07) is 12.4. The molecule has 0 bridgehead atoms. The first-order chi connectivity index (χ1) is 9.13. The van der Waals surface area contributed by atoms with Crippen LogP contribution < -0.4 is 4.74 Å². The SMILES string of the molecule is O=C1CC(c2cccc(Cl)c2)Oc2cc(Cl)ccc21. The quantitative estimate of drug-likeness (QED) is 0.761. The van der Waals surface area contributed by atoms with Crippen molar-refractivity contribution in [3.63, 3.8) is 0 Å². The van der Waals surface area contributed by atoms with E-state index >= 15 is 0 Å². The van der Waals surface area contributed by atoms with Gasteiger partial charge in [-0.3, -0.25) is 4.79 Å². The lowest BCUT2D eigenvalue weighted by molar-refractivity contribution is 0.0850. The Balaban J connectivity index is 1.98. The van der Waals surface area contributed by atoms with Gasteiger partial charge in [0.05, 0.1) is 12.0 Å². The Morgan fingerprint density at radius 1 is 1.05 bits per heavy atom. The van der Waals surface area contributed by atoms with E-state index in [1.807, 2.05) is 18.2 Å². The number of carbonyl (C=O) groups is 1. The fourth-order valence-electron chi connectivity index (χ4n) is 2.19. The van der Waals surface area contributed by atoms with Gasteiger partial charge in [-0.15, -0.1) is 0 Å². The third-order valence-electron chi connectivity index (χ3n) is 3.10. The zero-order chi connectivity index (χ0) is 13.4. The molecule has 2 nitrogen and oxygen atoms in total. The molecular formula is C15H10Cl2O2. The van der Waals surface area contributed by atoms with Gasteiger partial charge < -0.3 is 4.74 Å². The molecule has 96 valence electrons. The van der Waals surface area contributed by atoms with E-state index in [9.17, 15) is 4.79 Å². The standard InChI is InChI=1S/C15H10Cl2O2/c16-10-3-1-2-9(6-10)14-8-13(18)12-5-4-11(17)7-15(12)19-14/h1-7,14H,8H2. The van der Waals surface area contributed by atoms with Gasteiger partial charge in [-0.25, -0.2) is 0 Å². The zero-order valence-electron chi connectivity index (χ0n) is 9.90. The van der Waals surface area contributed by atoms with Crippen LogP contribution in [0.2, 0.25) is 10.0 Å². The fraction of sp³-hybridized carbons (Fsp3) is 0.133. The summed E-state index contributed by atoms with van der Waals surface area (Å²) >= 11 is 11.9. The molecule has 2 aromatic rings. The lowest BCUT2D eigenvalue weighted by Crippen LogP contribution is -2.20. The van der Waals surface area contributed by atoms with E-state index in [1.165, 1.54) is 0 Å². The van der Waals surface area contributed by atoms with Crippen molar-refractivity contribution < 1.29 is 9.53 Å². The number of fused-ring (bicyclic) bond motifs is 1. The van der Waals surface area contributed by atoms with Crippen molar-refractivity contribution in [2.24, 2.45) is 0 Å². The molecule has 0 N–H and O–H groups in total. The Kier molecular flexibility index (Phi) is 3.21. The third kappa shape index (κ3) is 2.46. The summed E-state index contributed by atoms with van der Waals surface area (Å²) < 4.78 is 5.86. The monoisotopic (exact) mass is 292 g/mol. The number of ether oxygens (including phenoxy) is 1. The second-order valence-electron chi connectivity index (χ2n) is 4.43. The topological polar surface area (TPSA) is 26.3 Å². The predicted molar refractivity (Wildman–Crippen MR) is 75.2 cm³/mol. The summed E-state index contributed by atoms with van der Waals surface area (Å²) in [4.78, 5) is 12.1. The van der Waals surface area contributed by atoms with Crippen molar-refractivity contribution in [1.29, 1.82) is 0 Å². The third-order valence-corrected chi connectivity index (χ3v) is 3.57. The molecule has 0 radical (unpaired) electrons. The predicted octanol–water partition coefficient (Wildman–Crippen LogP) is 4.70. The molecule has 1 aliphatic heterocycles. The smallest absolute Gasteiger partial charge is 0.170 e. The van der Waals surface area contributed by atoms with Gasteiger partial charge in [0.25, 0.3) is 0 Å². The van der Waals surface area contributed by atoms with Gasteiger partial charge in [0.2, 0.25) is 0 Å². The molecule has 2 aromatic carbocycles. The molecule has 0 amide bonds. The van der Waals surface area contributed by atoms with Crippen molar-refractivity contribution in [3.8, 4) is 5.75 Å². The van der Waals surface area contributed by atoms with Crippen molar-refractivity contribution >= 4 is 29.0 Å². The van der Waals surface area contributed by atoms with Crippen LogP contribution in [0.1, 0.15) is 28.4 Å². The van der Waals surface area contributed by atoms with Crippen LogP contribution in [0.15, 0.2) is 42.5 Å². The molecule has 0 saturated carbocycles. The number of halogens is 2. The van der Waals surface area contributed by atoms with Crippen molar-refractivity contribution in [1.82, 2.24) is 0 Å². The fourth-order valence-corrected chi connectivity index (χ4v) is 2.55. The summed E-state index contributed by atoms with van der Waals surface area (Å²) in [7, 11) is 0. The average molecular weight is 293 g/mol. The van der Waals surface area contributed by atoms with Gasteiger partial charge in [-0.1, -0.05) is 35.3 Å². The van der Waals surface area contributed by atoms with E-state index in [-0.39, 0.29) is 11.9 Å². The number of benzene rings is 2. The molecule has 3 rings (SSSR count). The average Bonchev–Trinajstić information content (AvgIpc) is 2.38. The molecule has 0 spiro atoms. The van der Waals surface area contributed by atoms with Crippen LogP contribution in [-0.4, -0.2) is 5.78 Å². The number of rotatable bonds is 1.